The summed E-state index contributed by atoms with van der Waals surface area (Å²) >= 11 is 6.22. The van der Waals surface area contributed by atoms with Crippen LogP contribution in [0.4, 0.5) is 0 Å². The molecule has 1 unspecified atom stereocenters. The normalized spacial score (nSPS) is 17.0. The minimum absolute atomic E-state index is 0.0109. The van der Waals surface area contributed by atoms with Crippen molar-refractivity contribution in [1.82, 2.24) is 0 Å². The Morgan fingerprint density at radius 1 is 1.48 bits per heavy atom. The summed E-state index contributed by atoms with van der Waals surface area (Å²) in [5.74, 6) is -3.18. The van der Waals surface area contributed by atoms with Crippen LogP contribution in [0.3, 0.4) is 0 Å². The van der Waals surface area contributed by atoms with Gasteiger partial charge in [0.15, 0.2) is 0 Å². The highest BCUT2D eigenvalue weighted by molar-refractivity contribution is 6.32. The number of hydrogen-bond donors (Lipinski definition) is 2. The van der Waals surface area contributed by atoms with Gasteiger partial charge < -0.3 is 20.3 Å². The number of ether oxygens (including phenoxy) is 2. The lowest BCUT2D eigenvalue weighted by molar-refractivity contribution is -0.139. The van der Waals surface area contributed by atoms with Crippen LogP contribution in [0.2, 0.25) is 5.02 Å². The second-order valence-electron chi connectivity index (χ2n) is 5.12. The predicted octanol–water partition coefficient (Wildman–Crippen LogP) is 2.68. The van der Waals surface area contributed by atoms with Crippen molar-refractivity contribution < 1.29 is 24.2 Å². The van der Waals surface area contributed by atoms with Gasteiger partial charge in [-0.05, 0) is 31.5 Å². The largest absolute Gasteiger partial charge is 0.478 e. The standard InChI is InChI=1S/C17H15ClN2O5/c1-3-24-17(23)12-8(2)25-15(20)10(7-19)14(12)13-9(16(21)22)5-4-6-11(13)18/h4-6,14H,3,20H2,1-2H3,(H,21,22). The second kappa shape index (κ2) is 7.28. The van der Waals surface area contributed by atoms with E-state index < -0.39 is 17.9 Å². The number of hydrogen-bond acceptors (Lipinski definition) is 6. The topological polar surface area (TPSA) is 123 Å². The first-order valence-electron chi connectivity index (χ1n) is 7.30. The molecule has 1 aliphatic heterocycles. The van der Waals surface area contributed by atoms with Gasteiger partial charge in [0.2, 0.25) is 5.88 Å². The molecule has 3 N–H and O–H groups in total. The third kappa shape index (κ3) is 3.30. The first-order chi connectivity index (χ1) is 11.8. The Kier molecular flexibility index (Phi) is 5.35. The van der Waals surface area contributed by atoms with Gasteiger partial charge in [0, 0.05) is 5.02 Å². The first-order valence-corrected chi connectivity index (χ1v) is 7.68. The van der Waals surface area contributed by atoms with E-state index in [4.69, 9.17) is 26.8 Å². The number of carbonyl (C=O) groups is 2. The highest BCUT2D eigenvalue weighted by Crippen LogP contribution is 2.43. The van der Waals surface area contributed by atoms with E-state index in [1.807, 2.05) is 6.07 Å². The summed E-state index contributed by atoms with van der Waals surface area (Å²) in [6, 6.07) is 6.16. The third-order valence-electron chi connectivity index (χ3n) is 3.67. The molecule has 8 heteroatoms. The number of nitriles is 1. The fraction of sp³-hybridized carbons (Fsp3) is 0.235. The van der Waals surface area contributed by atoms with Gasteiger partial charge in [-0.2, -0.15) is 5.26 Å². The van der Waals surface area contributed by atoms with Gasteiger partial charge in [-0.15, -0.1) is 0 Å². The molecule has 130 valence electrons. The number of allylic oxidation sites excluding steroid dienone is 2. The number of carboxylic acids is 1. The number of carboxylic acid groups (broad SMARTS) is 1. The molecule has 0 aliphatic carbocycles. The Bertz CT molecular complexity index is 851. The predicted molar refractivity (Wildman–Crippen MR) is 88.4 cm³/mol. The Morgan fingerprint density at radius 2 is 2.16 bits per heavy atom. The van der Waals surface area contributed by atoms with Crippen LogP contribution in [0.1, 0.15) is 35.7 Å². The Hall–Kier alpha value is -2.98. The molecule has 7 nitrogen and oxygen atoms in total. The van der Waals surface area contributed by atoms with E-state index in [2.05, 4.69) is 0 Å². The second-order valence-corrected chi connectivity index (χ2v) is 5.53. The van der Waals surface area contributed by atoms with E-state index in [0.717, 1.165) is 0 Å². The molecule has 1 aromatic carbocycles. The van der Waals surface area contributed by atoms with Crippen LogP contribution in [-0.4, -0.2) is 23.7 Å². The molecule has 1 heterocycles. The van der Waals surface area contributed by atoms with Gasteiger partial charge in [-0.1, -0.05) is 17.7 Å². The first kappa shape index (κ1) is 18.4. The van der Waals surface area contributed by atoms with Crippen molar-refractivity contribution in [2.45, 2.75) is 19.8 Å². The Morgan fingerprint density at radius 3 is 2.72 bits per heavy atom. The van der Waals surface area contributed by atoms with Gasteiger partial charge in [-0.3, -0.25) is 0 Å². The lowest BCUT2D eigenvalue weighted by Crippen LogP contribution is -2.27. The van der Waals surface area contributed by atoms with Crippen molar-refractivity contribution in [1.29, 1.82) is 5.26 Å². The van der Waals surface area contributed by atoms with Crippen LogP contribution in [-0.2, 0) is 14.3 Å². The maximum Gasteiger partial charge on any atom is 0.338 e. The summed E-state index contributed by atoms with van der Waals surface area (Å²) in [6.45, 7) is 3.20. The van der Waals surface area contributed by atoms with Gasteiger partial charge >= 0.3 is 11.9 Å². The average Bonchev–Trinajstić information content (AvgIpc) is 2.54. The zero-order valence-corrected chi connectivity index (χ0v) is 14.3. The molecular weight excluding hydrogens is 348 g/mol. The van der Waals surface area contributed by atoms with Crippen molar-refractivity contribution in [3.05, 3.63) is 57.1 Å². The summed E-state index contributed by atoms with van der Waals surface area (Å²) in [6.07, 6.45) is 0. The number of carbonyl (C=O) groups excluding carboxylic acids is 1. The SMILES string of the molecule is CCOC(=O)C1=C(C)OC(N)=C(C#N)C1c1c(Cl)cccc1C(=O)O. The van der Waals surface area contributed by atoms with E-state index in [-0.39, 0.29) is 45.5 Å². The quantitative estimate of drug-likeness (QED) is 0.789. The van der Waals surface area contributed by atoms with Gasteiger partial charge in [0.1, 0.15) is 17.4 Å². The van der Waals surface area contributed by atoms with Crippen LogP contribution in [0.5, 0.6) is 0 Å². The van der Waals surface area contributed by atoms with Crippen molar-refractivity contribution in [2.75, 3.05) is 6.61 Å². The lowest BCUT2D eigenvalue weighted by Gasteiger charge is -2.28. The third-order valence-corrected chi connectivity index (χ3v) is 4.00. The van der Waals surface area contributed by atoms with Crippen LogP contribution >= 0.6 is 11.6 Å². The number of aromatic carboxylic acids is 1. The molecule has 0 spiro atoms. The van der Waals surface area contributed by atoms with Crippen molar-refractivity contribution in [3.8, 4) is 6.07 Å². The summed E-state index contributed by atoms with van der Waals surface area (Å²) in [7, 11) is 0. The Labute approximate surface area is 148 Å². The summed E-state index contributed by atoms with van der Waals surface area (Å²) < 4.78 is 10.3. The molecule has 1 atom stereocenters. The molecule has 0 bridgehead atoms. The summed E-state index contributed by atoms with van der Waals surface area (Å²) in [5.41, 5.74) is 5.60. The minimum Gasteiger partial charge on any atom is -0.478 e. The maximum atomic E-state index is 12.4. The van der Waals surface area contributed by atoms with Gasteiger partial charge in [0.05, 0.1) is 23.7 Å². The number of rotatable bonds is 4. The number of esters is 1. The smallest absolute Gasteiger partial charge is 0.338 e. The van der Waals surface area contributed by atoms with Crippen LogP contribution in [0.25, 0.3) is 0 Å². The molecule has 0 aromatic heterocycles. The molecule has 0 amide bonds. The number of nitrogens with zero attached hydrogens (tertiary/aromatic N) is 1. The van der Waals surface area contributed by atoms with E-state index in [0.29, 0.717) is 0 Å². The van der Waals surface area contributed by atoms with Crippen molar-refractivity contribution in [2.24, 2.45) is 5.73 Å². The number of nitrogens with two attached hydrogens (primary N) is 1. The highest BCUT2D eigenvalue weighted by Gasteiger charge is 2.39. The fourth-order valence-corrected chi connectivity index (χ4v) is 2.94. The maximum absolute atomic E-state index is 12.4. The zero-order valence-electron chi connectivity index (χ0n) is 13.5. The average molecular weight is 363 g/mol. The minimum atomic E-state index is -1.25. The van der Waals surface area contributed by atoms with E-state index in [1.165, 1.54) is 25.1 Å². The molecule has 1 aromatic rings. The van der Waals surface area contributed by atoms with Crippen LogP contribution < -0.4 is 5.73 Å². The fourth-order valence-electron chi connectivity index (χ4n) is 2.66. The molecule has 1 aliphatic rings. The van der Waals surface area contributed by atoms with E-state index in [9.17, 15) is 20.0 Å². The highest BCUT2D eigenvalue weighted by atomic mass is 35.5. The van der Waals surface area contributed by atoms with E-state index in [1.54, 1.807) is 6.92 Å². The van der Waals surface area contributed by atoms with Crippen LogP contribution in [0.15, 0.2) is 41.0 Å². The van der Waals surface area contributed by atoms with Gasteiger partial charge in [0.25, 0.3) is 0 Å². The molecule has 0 radical (unpaired) electrons. The number of halogens is 1. The molecule has 0 fully saturated rings. The van der Waals surface area contributed by atoms with E-state index >= 15 is 0 Å². The monoisotopic (exact) mass is 362 g/mol. The van der Waals surface area contributed by atoms with Gasteiger partial charge in [-0.25, -0.2) is 9.59 Å². The summed E-state index contributed by atoms with van der Waals surface area (Å²) in [5, 5.41) is 19.1. The molecule has 0 saturated heterocycles. The molecule has 0 saturated carbocycles. The van der Waals surface area contributed by atoms with Crippen molar-refractivity contribution in [3.63, 3.8) is 0 Å². The lowest BCUT2D eigenvalue weighted by atomic mass is 9.81. The summed E-state index contributed by atoms with van der Waals surface area (Å²) in [4.78, 5) is 24.1. The van der Waals surface area contributed by atoms with Crippen LogP contribution in [0, 0.1) is 11.3 Å². The molecule has 2 rings (SSSR count). The Balaban J connectivity index is 2.81. The molecular formula is C17H15ClN2O5. The number of benzene rings is 1. The molecule has 25 heavy (non-hydrogen) atoms. The van der Waals surface area contributed by atoms with Crippen molar-refractivity contribution >= 4 is 23.5 Å². The zero-order chi connectivity index (χ0) is 18.7.